The van der Waals surface area contributed by atoms with Crippen molar-refractivity contribution in [2.75, 3.05) is 30.3 Å². The standard InChI is InChI=1S/C17H20N6O2/c1-13-12-22(16(24)20-14-2-6-18-7-3-14)10-11-23(13)17(25)21-15-4-8-19-9-5-15/h2-9,13H,10-12H2,1H3,(H,18,20,24)(H,19,21,25). The summed E-state index contributed by atoms with van der Waals surface area (Å²) in [5, 5.41) is 5.68. The van der Waals surface area contributed by atoms with Gasteiger partial charge in [0.1, 0.15) is 0 Å². The fraction of sp³-hybridized carbons (Fsp3) is 0.294. The minimum atomic E-state index is -0.174. The lowest BCUT2D eigenvalue weighted by Gasteiger charge is -2.39. The maximum atomic E-state index is 12.4. The zero-order valence-electron chi connectivity index (χ0n) is 13.9. The molecule has 1 aliphatic rings. The van der Waals surface area contributed by atoms with E-state index in [1.165, 1.54) is 0 Å². The molecule has 4 amide bonds. The first-order valence-electron chi connectivity index (χ1n) is 8.07. The van der Waals surface area contributed by atoms with Gasteiger partial charge in [0.25, 0.3) is 0 Å². The van der Waals surface area contributed by atoms with Crippen LogP contribution in [0.25, 0.3) is 0 Å². The van der Waals surface area contributed by atoms with Crippen LogP contribution in [0.1, 0.15) is 6.92 Å². The van der Waals surface area contributed by atoms with E-state index in [9.17, 15) is 9.59 Å². The summed E-state index contributed by atoms with van der Waals surface area (Å²) < 4.78 is 0. The van der Waals surface area contributed by atoms with E-state index >= 15 is 0 Å². The van der Waals surface area contributed by atoms with Crippen molar-refractivity contribution in [1.29, 1.82) is 0 Å². The van der Waals surface area contributed by atoms with Crippen molar-refractivity contribution in [3.63, 3.8) is 0 Å². The second-order valence-electron chi connectivity index (χ2n) is 5.82. The molecule has 2 N–H and O–H groups in total. The number of hydrogen-bond acceptors (Lipinski definition) is 4. The van der Waals surface area contributed by atoms with E-state index in [-0.39, 0.29) is 18.1 Å². The van der Waals surface area contributed by atoms with Gasteiger partial charge >= 0.3 is 12.1 Å². The van der Waals surface area contributed by atoms with Gasteiger partial charge in [-0.05, 0) is 31.2 Å². The van der Waals surface area contributed by atoms with Crippen molar-refractivity contribution in [3.8, 4) is 0 Å². The van der Waals surface area contributed by atoms with Gasteiger partial charge in [0.15, 0.2) is 0 Å². The smallest absolute Gasteiger partial charge is 0.321 e. The molecular weight excluding hydrogens is 320 g/mol. The van der Waals surface area contributed by atoms with Gasteiger partial charge in [0.05, 0.1) is 0 Å². The van der Waals surface area contributed by atoms with Crippen LogP contribution in [0.15, 0.2) is 49.1 Å². The van der Waals surface area contributed by atoms with Gasteiger partial charge in [-0.2, -0.15) is 0 Å². The van der Waals surface area contributed by atoms with E-state index < -0.39 is 0 Å². The number of carbonyl (C=O) groups is 2. The summed E-state index contributed by atoms with van der Waals surface area (Å²) in [5.74, 6) is 0. The molecule has 1 atom stereocenters. The molecule has 3 rings (SSSR count). The minimum absolute atomic E-state index is 0.0845. The average Bonchev–Trinajstić information content (AvgIpc) is 2.63. The number of hydrogen-bond donors (Lipinski definition) is 2. The topological polar surface area (TPSA) is 90.5 Å². The number of aromatic nitrogens is 2. The van der Waals surface area contributed by atoms with Gasteiger partial charge in [-0.1, -0.05) is 0 Å². The highest BCUT2D eigenvalue weighted by Gasteiger charge is 2.29. The first-order valence-corrected chi connectivity index (χ1v) is 8.07. The van der Waals surface area contributed by atoms with Gasteiger partial charge in [-0.3, -0.25) is 9.97 Å². The van der Waals surface area contributed by atoms with E-state index in [4.69, 9.17) is 0 Å². The zero-order chi connectivity index (χ0) is 17.6. The predicted molar refractivity (Wildman–Crippen MR) is 94.3 cm³/mol. The SMILES string of the molecule is CC1CN(C(=O)Nc2ccncc2)CCN1C(=O)Nc1ccncc1. The lowest BCUT2D eigenvalue weighted by atomic mass is 10.2. The largest absolute Gasteiger partial charge is 0.322 e. The van der Waals surface area contributed by atoms with Crippen LogP contribution in [0.5, 0.6) is 0 Å². The molecule has 0 aromatic carbocycles. The number of carbonyl (C=O) groups excluding carboxylic acids is 2. The summed E-state index contributed by atoms with van der Waals surface area (Å²) in [4.78, 5) is 36.1. The average molecular weight is 340 g/mol. The molecule has 25 heavy (non-hydrogen) atoms. The molecule has 8 heteroatoms. The van der Waals surface area contributed by atoms with Crippen LogP contribution in [-0.4, -0.2) is 57.5 Å². The van der Waals surface area contributed by atoms with Gasteiger partial charge in [-0.15, -0.1) is 0 Å². The van der Waals surface area contributed by atoms with Crippen LogP contribution in [0.3, 0.4) is 0 Å². The highest BCUT2D eigenvalue weighted by molar-refractivity contribution is 5.91. The predicted octanol–water partition coefficient (Wildman–Crippen LogP) is 2.25. The highest BCUT2D eigenvalue weighted by Crippen LogP contribution is 2.14. The second kappa shape index (κ2) is 7.61. The summed E-state index contributed by atoms with van der Waals surface area (Å²) in [6.07, 6.45) is 6.50. The molecule has 0 aliphatic carbocycles. The highest BCUT2D eigenvalue weighted by atomic mass is 16.2. The molecule has 0 bridgehead atoms. The van der Waals surface area contributed by atoms with E-state index in [0.29, 0.717) is 31.0 Å². The van der Waals surface area contributed by atoms with Crippen LogP contribution in [0, 0.1) is 0 Å². The molecule has 8 nitrogen and oxygen atoms in total. The molecule has 2 aromatic heterocycles. The molecular formula is C17H20N6O2. The Morgan fingerprint density at radius 2 is 1.44 bits per heavy atom. The molecule has 1 unspecified atom stereocenters. The van der Waals surface area contributed by atoms with Crippen molar-refractivity contribution < 1.29 is 9.59 Å². The molecule has 1 saturated heterocycles. The molecule has 1 aliphatic heterocycles. The summed E-state index contributed by atoms with van der Waals surface area (Å²) in [5.41, 5.74) is 1.40. The third-order valence-corrected chi connectivity index (χ3v) is 4.04. The summed E-state index contributed by atoms with van der Waals surface area (Å²) in [6.45, 7) is 3.35. The van der Waals surface area contributed by atoms with Crippen molar-refractivity contribution in [2.24, 2.45) is 0 Å². The van der Waals surface area contributed by atoms with Crippen LogP contribution < -0.4 is 10.6 Å². The van der Waals surface area contributed by atoms with Crippen molar-refractivity contribution in [1.82, 2.24) is 19.8 Å². The molecule has 3 heterocycles. The molecule has 130 valence electrons. The van der Waals surface area contributed by atoms with Crippen LogP contribution in [0.2, 0.25) is 0 Å². The number of urea groups is 2. The quantitative estimate of drug-likeness (QED) is 0.877. The summed E-state index contributed by atoms with van der Waals surface area (Å²) >= 11 is 0. The summed E-state index contributed by atoms with van der Waals surface area (Å²) in [7, 11) is 0. The maximum Gasteiger partial charge on any atom is 0.322 e. The number of anilines is 2. The minimum Gasteiger partial charge on any atom is -0.321 e. The van der Waals surface area contributed by atoms with E-state index in [0.717, 1.165) is 0 Å². The fourth-order valence-electron chi connectivity index (χ4n) is 2.71. The Morgan fingerprint density at radius 3 is 1.96 bits per heavy atom. The monoisotopic (exact) mass is 340 g/mol. The van der Waals surface area contributed by atoms with Gasteiger partial charge < -0.3 is 20.4 Å². The third-order valence-electron chi connectivity index (χ3n) is 4.04. The Kier molecular flexibility index (Phi) is 5.08. The Hall–Kier alpha value is -3.16. The molecule has 0 saturated carbocycles. The molecule has 0 spiro atoms. The zero-order valence-corrected chi connectivity index (χ0v) is 13.9. The summed E-state index contributed by atoms with van der Waals surface area (Å²) in [6, 6.07) is 6.51. The van der Waals surface area contributed by atoms with E-state index in [1.54, 1.807) is 58.9 Å². The van der Waals surface area contributed by atoms with Gasteiger partial charge in [-0.25, -0.2) is 9.59 Å². The molecule has 0 radical (unpaired) electrons. The van der Waals surface area contributed by atoms with Gasteiger partial charge in [0, 0.05) is 61.8 Å². The Bertz CT molecular complexity index is 724. The maximum absolute atomic E-state index is 12.4. The van der Waals surface area contributed by atoms with E-state index in [2.05, 4.69) is 20.6 Å². The normalized spacial score (nSPS) is 17.1. The Morgan fingerprint density at radius 1 is 0.920 bits per heavy atom. The first kappa shape index (κ1) is 16.7. The first-order chi connectivity index (χ1) is 12.1. The van der Waals surface area contributed by atoms with E-state index in [1.807, 2.05) is 6.92 Å². The fourth-order valence-corrected chi connectivity index (χ4v) is 2.71. The lowest BCUT2D eigenvalue weighted by Crippen LogP contribution is -2.57. The Labute approximate surface area is 145 Å². The molecule has 2 aromatic rings. The molecule has 1 fully saturated rings. The third kappa shape index (κ3) is 4.23. The van der Waals surface area contributed by atoms with Crippen molar-refractivity contribution >= 4 is 23.4 Å². The van der Waals surface area contributed by atoms with Crippen molar-refractivity contribution in [3.05, 3.63) is 49.1 Å². The number of nitrogens with zero attached hydrogens (tertiary/aromatic N) is 4. The van der Waals surface area contributed by atoms with Crippen LogP contribution in [0.4, 0.5) is 21.0 Å². The van der Waals surface area contributed by atoms with Crippen LogP contribution in [-0.2, 0) is 0 Å². The number of nitrogens with one attached hydrogen (secondary N) is 2. The number of piperazine rings is 1. The van der Waals surface area contributed by atoms with Crippen LogP contribution >= 0.6 is 0 Å². The lowest BCUT2D eigenvalue weighted by molar-refractivity contribution is 0.124. The van der Waals surface area contributed by atoms with Crippen molar-refractivity contribution in [2.45, 2.75) is 13.0 Å². The Balaban J connectivity index is 1.55. The number of rotatable bonds is 2. The number of pyridine rings is 2. The second-order valence-corrected chi connectivity index (χ2v) is 5.82. The number of amides is 4. The van der Waals surface area contributed by atoms with Gasteiger partial charge in [0.2, 0.25) is 0 Å².